The monoisotopic (exact) mass is 319 g/mol. The molecule has 7 heteroatoms. The molecule has 2 rings (SSSR count). The number of hydrogen-bond acceptors (Lipinski definition) is 4. The number of nitrogens with one attached hydrogen (secondary N) is 1. The van der Waals surface area contributed by atoms with E-state index in [9.17, 15) is 14.7 Å². The molecule has 2 heterocycles. The molecule has 0 unspecified atom stereocenters. The van der Waals surface area contributed by atoms with Gasteiger partial charge in [0, 0.05) is 31.2 Å². The average Bonchev–Trinajstić information content (AvgIpc) is 2.73. The molecule has 23 heavy (non-hydrogen) atoms. The summed E-state index contributed by atoms with van der Waals surface area (Å²) in [5.74, 6) is -1.11. The van der Waals surface area contributed by atoms with E-state index in [1.165, 1.54) is 0 Å². The van der Waals surface area contributed by atoms with Gasteiger partial charge in [-0.15, -0.1) is 0 Å². The lowest BCUT2D eigenvalue weighted by molar-refractivity contribution is -0.139. The van der Waals surface area contributed by atoms with Crippen LogP contribution in [0.5, 0.6) is 0 Å². The number of alkyl carbamates (subject to hydrolysis) is 1. The summed E-state index contributed by atoms with van der Waals surface area (Å²) < 4.78 is 6.95. The van der Waals surface area contributed by atoms with Crippen LogP contribution in [0.25, 0.3) is 11.0 Å². The number of carbonyl (C=O) groups excluding carboxylic acids is 1. The molecule has 0 saturated heterocycles. The van der Waals surface area contributed by atoms with Crippen molar-refractivity contribution < 1.29 is 19.4 Å². The number of carboxylic acids is 1. The number of rotatable bonds is 4. The van der Waals surface area contributed by atoms with Gasteiger partial charge >= 0.3 is 12.1 Å². The molecular formula is C16H21N3O4. The Morgan fingerprint density at radius 3 is 2.74 bits per heavy atom. The number of amides is 1. The number of carboxylic acid groups (broad SMARTS) is 1. The fourth-order valence-electron chi connectivity index (χ4n) is 2.33. The van der Waals surface area contributed by atoms with Crippen molar-refractivity contribution in [1.82, 2.24) is 14.9 Å². The van der Waals surface area contributed by atoms with Crippen molar-refractivity contribution in [2.24, 2.45) is 7.05 Å². The summed E-state index contributed by atoms with van der Waals surface area (Å²) in [6.45, 7) is 5.16. The van der Waals surface area contributed by atoms with E-state index in [-0.39, 0.29) is 6.42 Å². The molecule has 1 atom stereocenters. The second-order valence-electron chi connectivity index (χ2n) is 6.38. The zero-order chi connectivity index (χ0) is 17.2. The van der Waals surface area contributed by atoms with Gasteiger partial charge in [0.15, 0.2) is 0 Å². The van der Waals surface area contributed by atoms with Crippen molar-refractivity contribution in [3.05, 3.63) is 30.1 Å². The molecule has 0 aliphatic heterocycles. The summed E-state index contributed by atoms with van der Waals surface area (Å²) in [7, 11) is 1.84. The highest BCUT2D eigenvalue weighted by Gasteiger charge is 2.25. The van der Waals surface area contributed by atoms with E-state index >= 15 is 0 Å². The number of pyridine rings is 1. The maximum absolute atomic E-state index is 11.8. The van der Waals surface area contributed by atoms with Crippen LogP contribution in [0.1, 0.15) is 26.3 Å². The van der Waals surface area contributed by atoms with E-state index in [4.69, 9.17) is 4.74 Å². The highest BCUT2D eigenvalue weighted by Crippen LogP contribution is 2.20. The number of aromatic nitrogens is 2. The van der Waals surface area contributed by atoms with Gasteiger partial charge in [0.05, 0.1) is 0 Å². The molecule has 0 aromatic carbocycles. The number of nitrogens with zero attached hydrogens (tertiary/aromatic N) is 2. The molecule has 0 aliphatic rings. The molecule has 0 fully saturated rings. The molecule has 0 radical (unpaired) electrons. The molecule has 1 amide bonds. The summed E-state index contributed by atoms with van der Waals surface area (Å²) in [4.78, 5) is 27.5. The maximum Gasteiger partial charge on any atom is 0.408 e. The molecule has 7 nitrogen and oxygen atoms in total. The van der Waals surface area contributed by atoms with Crippen LogP contribution >= 0.6 is 0 Å². The fraction of sp³-hybridized carbons (Fsp3) is 0.438. The topological polar surface area (TPSA) is 93.5 Å². The predicted molar refractivity (Wildman–Crippen MR) is 85.2 cm³/mol. The number of aryl methyl sites for hydroxylation is 1. The summed E-state index contributed by atoms with van der Waals surface area (Å²) >= 11 is 0. The summed E-state index contributed by atoms with van der Waals surface area (Å²) in [6.07, 6.45) is 2.91. The molecule has 0 aliphatic carbocycles. The highest BCUT2D eigenvalue weighted by atomic mass is 16.6. The first kappa shape index (κ1) is 16.8. The zero-order valence-corrected chi connectivity index (χ0v) is 13.7. The minimum Gasteiger partial charge on any atom is -0.480 e. The maximum atomic E-state index is 11.8. The summed E-state index contributed by atoms with van der Waals surface area (Å²) in [5.41, 5.74) is 0.888. The molecule has 0 bridgehead atoms. The minimum atomic E-state index is -1.11. The Labute approximate surface area is 134 Å². The van der Waals surface area contributed by atoms with Crippen LogP contribution in [0.15, 0.2) is 24.5 Å². The lowest BCUT2D eigenvalue weighted by Crippen LogP contribution is -2.44. The van der Waals surface area contributed by atoms with Gasteiger partial charge in [-0.3, -0.25) is 0 Å². The number of fused-ring (bicyclic) bond motifs is 1. The SMILES string of the molecule is Cn1cc(C[C@H](NC(=O)OC(C)(C)C)C(=O)O)c2cccnc21. The van der Waals surface area contributed by atoms with Crippen LogP contribution in [0.3, 0.4) is 0 Å². The van der Waals surface area contributed by atoms with Crippen molar-refractivity contribution in [1.29, 1.82) is 0 Å². The Kier molecular flexibility index (Phi) is 4.58. The van der Waals surface area contributed by atoms with Gasteiger partial charge < -0.3 is 19.7 Å². The van der Waals surface area contributed by atoms with Crippen molar-refractivity contribution >= 4 is 23.1 Å². The van der Waals surface area contributed by atoms with E-state index in [0.717, 1.165) is 16.6 Å². The van der Waals surface area contributed by atoms with Crippen LogP contribution in [-0.2, 0) is 23.0 Å². The Balaban J connectivity index is 2.19. The lowest BCUT2D eigenvalue weighted by atomic mass is 10.1. The smallest absolute Gasteiger partial charge is 0.408 e. The van der Waals surface area contributed by atoms with Gasteiger partial charge in [0.2, 0.25) is 0 Å². The first-order valence-corrected chi connectivity index (χ1v) is 7.28. The van der Waals surface area contributed by atoms with Crippen molar-refractivity contribution in [2.75, 3.05) is 0 Å². The lowest BCUT2D eigenvalue weighted by Gasteiger charge is -2.21. The van der Waals surface area contributed by atoms with Gasteiger partial charge in [0.1, 0.15) is 17.3 Å². The van der Waals surface area contributed by atoms with E-state index in [1.807, 2.05) is 23.9 Å². The Morgan fingerprint density at radius 2 is 2.13 bits per heavy atom. The number of carbonyl (C=O) groups is 2. The molecule has 0 saturated carbocycles. The highest BCUT2D eigenvalue weighted by molar-refractivity contribution is 5.84. The van der Waals surface area contributed by atoms with Gasteiger partial charge in [0.25, 0.3) is 0 Å². The second-order valence-corrected chi connectivity index (χ2v) is 6.38. The predicted octanol–water partition coefficient (Wildman–Crippen LogP) is 2.09. The molecule has 2 aromatic heterocycles. The van der Waals surface area contributed by atoms with Crippen LogP contribution in [-0.4, -0.2) is 38.4 Å². The Hall–Kier alpha value is -2.57. The third-order valence-electron chi connectivity index (χ3n) is 3.23. The Bertz CT molecular complexity index is 730. The van der Waals surface area contributed by atoms with Crippen LogP contribution in [0.2, 0.25) is 0 Å². The fourth-order valence-corrected chi connectivity index (χ4v) is 2.33. The van der Waals surface area contributed by atoms with Gasteiger partial charge in [-0.25, -0.2) is 14.6 Å². The molecule has 2 aromatic rings. The molecule has 0 spiro atoms. The van der Waals surface area contributed by atoms with Gasteiger partial charge in [-0.1, -0.05) is 0 Å². The van der Waals surface area contributed by atoms with Gasteiger partial charge in [-0.05, 0) is 38.5 Å². The Morgan fingerprint density at radius 1 is 1.43 bits per heavy atom. The molecule has 124 valence electrons. The quantitative estimate of drug-likeness (QED) is 0.900. The van der Waals surface area contributed by atoms with Crippen molar-refractivity contribution in [3.63, 3.8) is 0 Å². The van der Waals surface area contributed by atoms with Crippen LogP contribution in [0.4, 0.5) is 4.79 Å². The van der Waals surface area contributed by atoms with Crippen LogP contribution < -0.4 is 5.32 Å². The molecule has 2 N–H and O–H groups in total. The van der Waals surface area contributed by atoms with E-state index in [1.54, 1.807) is 33.0 Å². The standard InChI is InChI=1S/C16H21N3O4/c1-16(2,3)23-15(22)18-12(14(20)21)8-10-9-19(4)13-11(10)6-5-7-17-13/h5-7,9,12H,8H2,1-4H3,(H,18,22)(H,20,21)/t12-/m0/s1. The first-order valence-electron chi connectivity index (χ1n) is 7.28. The van der Waals surface area contributed by atoms with E-state index in [2.05, 4.69) is 10.3 Å². The number of hydrogen-bond donors (Lipinski definition) is 2. The summed E-state index contributed by atoms with van der Waals surface area (Å²) in [5, 5.41) is 12.6. The number of aliphatic carboxylic acids is 1. The van der Waals surface area contributed by atoms with Crippen molar-refractivity contribution in [2.45, 2.75) is 38.8 Å². The van der Waals surface area contributed by atoms with Crippen molar-refractivity contribution in [3.8, 4) is 0 Å². The van der Waals surface area contributed by atoms with E-state index < -0.39 is 23.7 Å². The normalized spacial score (nSPS) is 12.9. The number of ether oxygens (including phenoxy) is 1. The zero-order valence-electron chi connectivity index (χ0n) is 13.7. The molecular weight excluding hydrogens is 298 g/mol. The minimum absolute atomic E-state index is 0.150. The third-order valence-corrected chi connectivity index (χ3v) is 3.23. The second kappa shape index (κ2) is 6.28. The largest absolute Gasteiger partial charge is 0.480 e. The van der Waals surface area contributed by atoms with Crippen LogP contribution in [0, 0.1) is 0 Å². The van der Waals surface area contributed by atoms with E-state index in [0.29, 0.717) is 0 Å². The first-order chi connectivity index (χ1) is 10.7. The third kappa shape index (κ3) is 4.21. The average molecular weight is 319 g/mol. The summed E-state index contributed by atoms with van der Waals surface area (Å²) in [6, 6.07) is 2.60. The van der Waals surface area contributed by atoms with Gasteiger partial charge in [-0.2, -0.15) is 0 Å².